The van der Waals surface area contributed by atoms with Gasteiger partial charge in [0.25, 0.3) is 19.7 Å². The first-order valence-corrected chi connectivity index (χ1v) is 24.8. The van der Waals surface area contributed by atoms with Crippen molar-refractivity contribution in [1.29, 1.82) is 0 Å². The highest BCUT2D eigenvalue weighted by Gasteiger charge is 2.50. The lowest BCUT2D eigenvalue weighted by Crippen LogP contribution is -2.66. The molecule has 0 spiro atoms. The molecule has 0 heterocycles. The summed E-state index contributed by atoms with van der Waals surface area (Å²) in [6.45, 7) is 6.68. The lowest BCUT2D eigenvalue weighted by molar-refractivity contribution is -0.387. The standard InChI is InChI=1S/C30H31NO3SSi.C14H13NO3S.C7H6FNO3/c1-30(2,3)36(26-15-9-5-10-16-26,27-17-11-6-12-18-27)34-22-25-19-20-28(31(32)33)29(21-25)35-23-24-13-7-4-8-14-24;16-9-12-6-7-13(15(17)18)14(8-12)19-10-11-4-2-1-3-5-11;8-6-3-5(4-10)1-2-7(6)9(11)12/h4-21H,22-23H2,1-3H3;1-8,16H,9-10H2;1-3,10H,4H2. The third kappa shape index (κ3) is 14.2. The average molecular weight is 960 g/mol. The maximum Gasteiger partial charge on any atom is 0.304 e. The Kier molecular flexibility index (Phi) is 19.1. The summed E-state index contributed by atoms with van der Waals surface area (Å²) in [6, 6.07) is 54.1. The van der Waals surface area contributed by atoms with E-state index in [2.05, 4.69) is 69.3 Å². The largest absolute Gasteiger partial charge is 0.403 e. The lowest BCUT2D eigenvalue weighted by atomic mass is 10.2. The first-order chi connectivity index (χ1) is 32.2. The van der Waals surface area contributed by atoms with Crippen molar-refractivity contribution in [3.63, 3.8) is 0 Å². The maximum absolute atomic E-state index is 12.7. The van der Waals surface area contributed by atoms with Crippen LogP contribution in [0.5, 0.6) is 0 Å². The second-order valence-corrected chi connectivity index (χ2v) is 22.3. The molecule has 0 aliphatic carbocycles. The van der Waals surface area contributed by atoms with Gasteiger partial charge in [-0.3, -0.25) is 30.3 Å². The molecule has 7 aromatic rings. The Hall–Kier alpha value is -6.53. The number of nitrogens with zero attached hydrogens (tertiary/aromatic N) is 3. The van der Waals surface area contributed by atoms with Gasteiger partial charge in [0.2, 0.25) is 5.82 Å². The number of aliphatic hydroxyl groups excluding tert-OH is 2. The van der Waals surface area contributed by atoms with Crippen LogP contribution in [-0.2, 0) is 35.8 Å². The molecule has 0 atom stereocenters. The van der Waals surface area contributed by atoms with E-state index in [0.29, 0.717) is 39.0 Å². The molecular formula is C51H50FN3O9S2Si. The SMILES string of the molecule is CC(C)(C)[Si](OCc1ccc([N+](=O)[O-])c(SCc2ccccc2)c1)(c1ccccc1)c1ccccc1.O=[N+]([O-])c1ccc(CO)cc1F.O=[N+]([O-])c1ccc(CO)cc1SCc1ccccc1. The molecule has 0 unspecified atom stereocenters. The topological polar surface area (TPSA) is 179 Å². The zero-order chi connectivity index (χ0) is 48.4. The van der Waals surface area contributed by atoms with E-state index in [9.17, 15) is 34.7 Å². The molecule has 0 bridgehead atoms. The first-order valence-electron chi connectivity index (χ1n) is 20.9. The first kappa shape index (κ1) is 51.5. The maximum atomic E-state index is 12.7. The Bertz CT molecular complexity index is 2680. The number of nitro groups is 3. The Balaban J connectivity index is 0.000000224. The van der Waals surface area contributed by atoms with Crippen LogP contribution in [-0.4, -0.2) is 33.3 Å². The summed E-state index contributed by atoms with van der Waals surface area (Å²) in [5, 5.41) is 52.8. The molecule has 67 heavy (non-hydrogen) atoms. The van der Waals surface area contributed by atoms with E-state index in [-0.39, 0.29) is 34.6 Å². The van der Waals surface area contributed by atoms with Crippen molar-refractivity contribution in [2.45, 2.75) is 66.9 Å². The molecule has 0 fully saturated rings. The number of rotatable bonds is 16. The minimum atomic E-state index is -2.70. The summed E-state index contributed by atoms with van der Waals surface area (Å²) in [5.74, 6) is 0.406. The van der Waals surface area contributed by atoms with Gasteiger partial charge in [0, 0.05) is 29.7 Å². The third-order valence-electron chi connectivity index (χ3n) is 10.4. The molecule has 0 radical (unpaired) electrons. The molecule has 0 aliphatic heterocycles. The fourth-order valence-corrected chi connectivity index (χ4v) is 13.7. The van der Waals surface area contributed by atoms with E-state index in [4.69, 9.17) is 14.6 Å². The number of aliphatic hydroxyl groups is 2. The zero-order valence-electron chi connectivity index (χ0n) is 37.1. The third-order valence-corrected chi connectivity index (χ3v) is 17.6. The van der Waals surface area contributed by atoms with Crippen molar-refractivity contribution in [1.82, 2.24) is 0 Å². The van der Waals surface area contributed by atoms with Crippen molar-refractivity contribution in [2.24, 2.45) is 0 Å². The Morgan fingerprint density at radius 2 is 0.866 bits per heavy atom. The van der Waals surface area contributed by atoms with Crippen LogP contribution in [0, 0.1) is 36.2 Å². The highest BCUT2D eigenvalue weighted by Crippen LogP contribution is 2.39. The van der Waals surface area contributed by atoms with Crippen molar-refractivity contribution < 1.29 is 33.8 Å². The normalized spacial score (nSPS) is 11.1. The fourth-order valence-electron chi connectivity index (χ4n) is 7.06. The summed E-state index contributed by atoms with van der Waals surface area (Å²) >= 11 is 2.89. The number of hydrogen-bond acceptors (Lipinski definition) is 11. The van der Waals surface area contributed by atoms with E-state index in [0.717, 1.165) is 28.8 Å². The summed E-state index contributed by atoms with van der Waals surface area (Å²) in [5.41, 5.74) is 3.81. The number of benzene rings is 7. The molecule has 0 saturated heterocycles. The van der Waals surface area contributed by atoms with Crippen LogP contribution in [0.2, 0.25) is 5.04 Å². The van der Waals surface area contributed by atoms with Crippen LogP contribution >= 0.6 is 23.5 Å². The molecular weight excluding hydrogens is 910 g/mol. The highest BCUT2D eigenvalue weighted by atomic mass is 32.2. The minimum Gasteiger partial charge on any atom is -0.403 e. The highest BCUT2D eigenvalue weighted by molar-refractivity contribution is 7.99. The van der Waals surface area contributed by atoms with E-state index in [1.165, 1.54) is 46.0 Å². The van der Waals surface area contributed by atoms with Gasteiger partial charge in [-0.2, -0.15) is 4.39 Å². The van der Waals surface area contributed by atoms with Crippen LogP contribution < -0.4 is 10.4 Å². The van der Waals surface area contributed by atoms with E-state index in [1.54, 1.807) is 18.2 Å². The molecule has 7 rings (SSSR count). The number of hydrogen-bond donors (Lipinski definition) is 2. The van der Waals surface area contributed by atoms with Crippen molar-refractivity contribution in [3.8, 4) is 0 Å². The molecule has 2 N–H and O–H groups in total. The number of nitro benzene ring substituents is 3. The van der Waals surface area contributed by atoms with Crippen LogP contribution in [0.1, 0.15) is 48.6 Å². The predicted molar refractivity (Wildman–Crippen MR) is 266 cm³/mol. The van der Waals surface area contributed by atoms with E-state index >= 15 is 0 Å². The number of thioether (sulfide) groups is 2. The summed E-state index contributed by atoms with van der Waals surface area (Å²) < 4.78 is 19.8. The van der Waals surface area contributed by atoms with Crippen LogP contribution in [0.25, 0.3) is 0 Å². The smallest absolute Gasteiger partial charge is 0.304 e. The van der Waals surface area contributed by atoms with E-state index < -0.39 is 29.7 Å². The molecule has 0 aliphatic rings. The van der Waals surface area contributed by atoms with Crippen LogP contribution in [0.15, 0.2) is 186 Å². The monoisotopic (exact) mass is 959 g/mol. The Morgan fingerprint density at radius 1 is 0.507 bits per heavy atom. The van der Waals surface area contributed by atoms with Crippen LogP contribution in [0.4, 0.5) is 21.5 Å². The van der Waals surface area contributed by atoms with Crippen molar-refractivity contribution in [2.75, 3.05) is 0 Å². The fraction of sp³-hybridized carbons (Fsp3) is 0.176. The van der Waals surface area contributed by atoms with Gasteiger partial charge < -0.3 is 14.6 Å². The van der Waals surface area contributed by atoms with Gasteiger partial charge in [0.15, 0.2) is 0 Å². The predicted octanol–water partition coefficient (Wildman–Crippen LogP) is 11.6. The lowest BCUT2D eigenvalue weighted by Gasteiger charge is -2.43. The molecule has 0 aromatic heterocycles. The van der Waals surface area contributed by atoms with Gasteiger partial charge >= 0.3 is 5.69 Å². The molecule has 7 aromatic carbocycles. The summed E-state index contributed by atoms with van der Waals surface area (Å²) in [6.07, 6.45) is 0. The van der Waals surface area contributed by atoms with Crippen molar-refractivity contribution >= 4 is 59.3 Å². The average Bonchev–Trinajstić information content (AvgIpc) is 3.33. The Morgan fingerprint density at radius 3 is 1.24 bits per heavy atom. The minimum absolute atomic E-state index is 0.0816. The molecule has 0 amide bonds. The zero-order valence-corrected chi connectivity index (χ0v) is 39.7. The van der Waals surface area contributed by atoms with Gasteiger partial charge in [0.1, 0.15) is 0 Å². The molecule has 0 saturated carbocycles. The summed E-state index contributed by atoms with van der Waals surface area (Å²) in [4.78, 5) is 32.6. The molecule has 12 nitrogen and oxygen atoms in total. The van der Waals surface area contributed by atoms with Gasteiger partial charge in [-0.15, -0.1) is 23.5 Å². The molecule has 346 valence electrons. The van der Waals surface area contributed by atoms with Gasteiger partial charge in [0.05, 0.1) is 44.4 Å². The number of halogens is 1. The second-order valence-electron chi connectivity index (χ2n) is 16.0. The quantitative estimate of drug-likeness (QED) is 0.0407. The van der Waals surface area contributed by atoms with Gasteiger partial charge in [-0.05, 0) is 79.6 Å². The van der Waals surface area contributed by atoms with E-state index in [1.807, 2.05) is 84.9 Å². The Labute approximate surface area is 398 Å². The van der Waals surface area contributed by atoms with Gasteiger partial charge in [-0.25, -0.2) is 0 Å². The van der Waals surface area contributed by atoms with Gasteiger partial charge in [-0.1, -0.05) is 142 Å². The van der Waals surface area contributed by atoms with Crippen LogP contribution in [0.3, 0.4) is 0 Å². The summed E-state index contributed by atoms with van der Waals surface area (Å²) in [7, 11) is -2.70. The molecule has 16 heteroatoms. The second kappa shape index (κ2) is 24.8. The van der Waals surface area contributed by atoms with Crippen molar-refractivity contribution in [3.05, 3.63) is 240 Å².